The Bertz CT molecular complexity index is 324. The predicted molar refractivity (Wildman–Crippen MR) is 90.5 cm³/mol. The zero-order chi connectivity index (χ0) is 13.1. The van der Waals surface area contributed by atoms with Crippen LogP contribution >= 0.6 is 24.8 Å². The van der Waals surface area contributed by atoms with E-state index in [0.717, 1.165) is 38.3 Å². The van der Waals surface area contributed by atoms with Gasteiger partial charge in [0.05, 0.1) is 0 Å². The number of hydrogen-bond donors (Lipinski definition) is 2. The minimum absolute atomic E-state index is 0. The van der Waals surface area contributed by atoms with Crippen LogP contribution in [0.5, 0.6) is 0 Å². The molecule has 3 fully saturated rings. The summed E-state index contributed by atoms with van der Waals surface area (Å²) in [6, 6.07) is 1.06. The van der Waals surface area contributed by atoms with E-state index in [2.05, 4.69) is 15.5 Å². The van der Waals surface area contributed by atoms with E-state index in [1.807, 2.05) is 0 Å². The van der Waals surface area contributed by atoms with Gasteiger partial charge in [0.1, 0.15) is 0 Å². The lowest BCUT2D eigenvalue weighted by atomic mass is 9.98. The topological polar surface area (TPSA) is 44.4 Å². The Labute approximate surface area is 140 Å². The van der Waals surface area contributed by atoms with Crippen LogP contribution in [0.2, 0.25) is 0 Å². The Kier molecular flexibility index (Phi) is 8.32. The highest BCUT2D eigenvalue weighted by Gasteiger charge is 2.36. The van der Waals surface area contributed by atoms with Gasteiger partial charge in [0.2, 0.25) is 5.91 Å². The average Bonchev–Trinajstić information content (AvgIpc) is 3.07. The smallest absolute Gasteiger partial charge is 0.220 e. The molecule has 0 aromatic heterocycles. The monoisotopic (exact) mass is 337 g/mol. The van der Waals surface area contributed by atoms with Gasteiger partial charge in [-0.15, -0.1) is 24.8 Å². The average molecular weight is 338 g/mol. The van der Waals surface area contributed by atoms with Gasteiger partial charge in [-0.3, -0.25) is 9.69 Å². The Morgan fingerprint density at radius 2 is 2.00 bits per heavy atom. The van der Waals surface area contributed by atoms with Crippen molar-refractivity contribution in [3.63, 3.8) is 0 Å². The normalized spacial score (nSPS) is 31.9. The molecule has 6 heteroatoms. The molecule has 3 aliphatic rings. The molecule has 0 radical (unpaired) electrons. The fraction of sp³-hybridized carbons (Fsp3) is 0.933. The molecule has 3 aliphatic heterocycles. The van der Waals surface area contributed by atoms with Crippen molar-refractivity contribution < 1.29 is 4.79 Å². The van der Waals surface area contributed by atoms with E-state index in [-0.39, 0.29) is 30.7 Å². The maximum Gasteiger partial charge on any atom is 0.220 e. The van der Waals surface area contributed by atoms with Gasteiger partial charge in [-0.25, -0.2) is 0 Å². The third-order valence-corrected chi connectivity index (χ3v) is 5.14. The summed E-state index contributed by atoms with van der Waals surface area (Å²) >= 11 is 0. The number of halogens is 2. The SMILES string of the molecule is Cl.Cl.O=C(CCC1CCNC1)NC1CCN2CCCCC12. The maximum absolute atomic E-state index is 12.1. The minimum atomic E-state index is 0. The molecule has 2 N–H and O–H groups in total. The molecule has 21 heavy (non-hydrogen) atoms. The number of carbonyl (C=O) groups is 1. The molecule has 0 aromatic carbocycles. The molecular formula is C15H29Cl2N3O. The minimum Gasteiger partial charge on any atom is -0.352 e. The number of amides is 1. The van der Waals surface area contributed by atoms with Crippen LogP contribution < -0.4 is 10.6 Å². The second kappa shape index (κ2) is 9.19. The van der Waals surface area contributed by atoms with Crippen LogP contribution in [0.1, 0.15) is 44.9 Å². The summed E-state index contributed by atoms with van der Waals surface area (Å²) in [6.07, 6.45) is 8.12. The first-order chi connectivity index (χ1) is 9.33. The number of hydrogen-bond acceptors (Lipinski definition) is 3. The fourth-order valence-corrected chi connectivity index (χ4v) is 3.99. The van der Waals surface area contributed by atoms with Crippen molar-refractivity contribution in [3.05, 3.63) is 0 Å². The zero-order valence-corrected chi connectivity index (χ0v) is 14.3. The quantitative estimate of drug-likeness (QED) is 0.824. The molecule has 0 aliphatic carbocycles. The van der Waals surface area contributed by atoms with Gasteiger partial charge in [-0.1, -0.05) is 6.42 Å². The van der Waals surface area contributed by atoms with Crippen LogP contribution in [0.15, 0.2) is 0 Å². The summed E-state index contributed by atoms with van der Waals surface area (Å²) in [7, 11) is 0. The third-order valence-electron chi connectivity index (χ3n) is 5.14. The second-order valence-electron chi connectivity index (χ2n) is 6.46. The lowest BCUT2D eigenvalue weighted by Gasteiger charge is -2.32. The molecule has 4 nitrogen and oxygen atoms in total. The summed E-state index contributed by atoms with van der Waals surface area (Å²) in [5.41, 5.74) is 0. The van der Waals surface area contributed by atoms with Crippen molar-refractivity contribution in [1.82, 2.24) is 15.5 Å². The van der Waals surface area contributed by atoms with Crippen LogP contribution in [-0.2, 0) is 4.79 Å². The first kappa shape index (κ1) is 19.0. The highest BCUT2D eigenvalue weighted by atomic mass is 35.5. The molecule has 0 aromatic rings. The standard InChI is InChI=1S/C15H27N3O.2ClH/c19-15(5-4-12-6-8-16-11-12)17-13-7-10-18-9-2-1-3-14(13)18;;/h12-14,16H,1-11H2,(H,17,19);2*1H. The molecule has 3 saturated heterocycles. The summed E-state index contributed by atoms with van der Waals surface area (Å²) in [5, 5.41) is 6.67. The van der Waals surface area contributed by atoms with Gasteiger partial charge in [0.25, 0.3) is 0 Å². The van der Waals surface area contributed by atoms with E-state index < -0.39 is 0 Å². The number of nitrogens with zero attached hydrogens (tertiary/aromatic N) is 1. The number of rotatable bonds is 4. The first-order valence-corrected chi connectivity index (χ1v) is 8.07. The summed E-state index contributed by atoms with van der Waals surface area (Å²) in [4.78, 5) is 14.7. The van der Waals surface area contributed by atoms with Gasteiger partial charge >= 0.3 is 0 Å². The van der Waals surface area contributed by atoms with E-state index in [4.69, 9.17) is 0 Å². The van der Waals surface area contributed by atoms with E-state index >= 15 is 0 Å². The number of nitrogens with one attached hydrogen (secondary N) is 2. The van der Waals surface area contributed by atoms with E-state index in [9.17, 15) is 4.79 Å². The zero-order valence-electron chi connectivity index (χ0n) is 12.7. The maximum atomic E-state index is 12.1. The van der Waals surface area contributed by atoms with Crippen molar-refractivity contribution in [2.45, 2.75) is 57.0 Å². The first-order valence-electron chi connectivity index (χ1n) is 8.07. The lowest BCUT2D eigenvalue weighted by molar-refractivity contribution is -0.122. The second-order valence-corrected chi connectivity index (χ2v) is 6.46. The van der Waals surface area contributed by atoms with Gasteiger partial charge in [-0.05, 0) is 57.7 Å². The number of piperidine rings is 1. The van der Waals surface area contributed by atoms with Gasteiger partial charge in [-0.2, -0.15) is 0 Å². The van der Waals surface area contributed by atoms with Crippen molar-refractivity contribution >= 4 is 30.7 Å². The molecule has 0 spiro atoms. The molecule has 3 heterocycles. The Balaban J connectivity index is 0.00000110. The van der Waals surface area contributed by atoms with Crippen LogP contribution in [0.25, 0.3) is 0 Å². The predicted octanol–water partition coefficient (Wildman–Crippen LogP) is 1.96. The molecule has 124 valence electrons. The lowest BCUT2D eigenvalue weighted by Crippen LogP contribution is -2.46. The van der Waals surface area contributed by atoms with E-state index in [0.29, 0.717) is 12.1 Å². The molecule has 0 saturated carbocycles. The molecule has 1 amide bonds. The van der Waals surface area contributed by atoms with Crippen molar-refractivity contribution in [2.75, 3.05) is 26.2 Å². The highest BCUT2D eigenvalue weighted by Crippen LogP contribution is 2.27. The number of fused-ring (bicyclic) bond motifs is 1. The van der Waals surface area contributed by atoms with Gasteiger partial charge in [0.15, 0.2) is 0 Å². The fourth-order valence-electron chi connectivity index (χ4n) is 3.99. The van der Waals surface area contributed by atoms with Crippen LogP contribution in [0, 0.1) is 5.92 Å². The highest BCUT2D eigenvalue weighted by molar-refractivity contribution is 5.85. The molecule has 3 atom stereocenters. The van der Waals surface area contributed by atoms with Gasteiger partial charge in [0, 0.05) is 25.0 Å². The molecule has 3 rings (SSSR count). The summed E-state index contributed by atoms with van der Waals surface area (Å²) in [5.74, 6) is 1.00. The van der Waals surface area contributed by atoms with Crippen LogP contribution in [0.3, 0.4) is 0 Å². The Hall–Kier alpha value is -0.0300. The molecular weight excluding hydrogens is 309 g/mol. The molecule has 3 unspecified atom stereocenters. The molecule has 0 bridgehead atoms. The van der Waals surface area contributed by atoms with Crippen molar-refractivity contribution in [1.29, 1.82) is 0 Å². The summed E-state index contributed by atoms with van der Waals surface area (Å²) < 4.78 is 0. The third kappa shape index (κ3) is 4.98. The van der Waals surface area contributed by atoms with Crippen molar-refractivity contribution in [3.8, 4) is 0 Å². The van der Waals surface area contributed by atoms with E-state index in [1.54, 1.807) is 0 Å². The summed E-state index contributed by atoms with van der Waals surface area (Å²) in [6.45, 7) is 4.66. The number of carbonyl (C=O) groups excluding carboxylic acids is 1. The van der Waals surface area contributed by atoms with Gasteiger partial charge < -0.3 is 10.6 Å². The Morgan fingerprint density at radius 1 is 1.14 bits per heavy atom. The van der Waals surface area contributed by atoms with Crippen molar-refractivity contribution in [2.24, 2.45) is 5.92 Å². The Morgan fingerprint density at radius 3 is 2.76 bits per heavy atom. The van der Waals surface area contributed by atoms with E-state index in [1.165, 1.54) is 38.8 Å². The van der Waals surface area contributed by atoms with Crippen LogP contribution in [0.4, 0.5) is 0 Å². The largest absolute Gasteiger partial charge is 0.352 e. The van der Waals surface area contributed by atoms with Crippen LogP contribution in [-0.4, -0.2) is 49.1 Å².